The Morgan fingerprint density at radius 1 is 1.23 bits per heavy atom. The van der Waals surface area contributed by atoms with Gasteiger partial charge in [0, 0.05) is 11.3 Å². The van der Waals surface area contributed by atoms with Crippen molar-refractivity contribution in [3.63, 3.8) is 0 Å². The number of fused-ring (bicyclic) bond motifs is 1. The summed E-state index contributed by atoms with van der Waals surface area (Å²) >= 11 is 1.41. The maximum absolute atomic E-state index is 13.6. The van der Waals surface area contributed by atoms with E-state index in [1.165, 1.54) is 23.9 Å². The van der Waals surface area contributed by atoms with Crippen LogP contribution in [0.25, 0.3) is 17.5 Å². The summed E-state index contributed by atoms with van der Waals surface area (Å²) < 4.78 is 25.7. The standard InChI is InChI=1S/C22H19FN4O3S/c1-3-30-21(28)18(12-14-5-4-6-16(23)11-14)19-13-31-22-25-24-20(27(22)26-19)15-7-9-17(29-2)10-8-15/h4-12H,3,13H2,1-2H3/b18-12+. The maximum Gasteiger partial charge on any atom is 0.340 e. The summed E-state index contributed by atoms with van der Waals surface area (Å²) in [4.78, 5) is 12.7. The summed E-state index contributed by atoms with van der Waals surface area (Å²) in [6.45, 7) is 1.95. The lowest BCUT2D eigenvalue weighted by Gasteiger charge is -2.16. The summed E-state index contributed by atoms with van der Waals surface area (Å²) in [5, 5.41) is 13.7. The lowest BCUT2D eigenvalue weighted by atomic mass is 10.1. The van der Waals surface area contributed by atoms with Gasteiger partial charge in [-0.15, -0.1) is 10.2 Å². The first kappa shape index (κ1) is 20.8. The molecule has 1 aromatic heterocycles. The number of hydrogen-bond donors (Lipinski definition) is 0. The van der Waals surface area contributed by atoms with E-state index in [9.17, 15) is 9.18 Å². The minimum Gasteiger partial charge on any atom is -0.497 e. The minimum atomic E-state index is -0.520. The fourth-order valence-corrected chi connectivity index (χ4v) is 3.84. The Morgan fingerprint density at radius 2 is 2.03 bits per heavy atom. The summed E-state index contributed by atoms with van der Waals surface area (Å²) in [6, 6.07) is 13.4. The fourth-order valence-electron chi connectivity index (χ4n) is 3.01. The molecular formula is C22H19FN4O3S. The van der Waals surface area contributed by atoms with Crippen LogP contribution in [0.3, 0.4) is 0 Å². The van der Waals surface area contributed by atoms with E-state index in [0.717, 1.165) is 11.3 Å². The van der Waals surface area contributed by atoms with Gasteiger partial charge in [-0.05, 0) is 55.0 Å². The number of thioether (sulfide) groups is 1. The number of methoxy groups -OCH3 is 1. The highest BCUT2D eigenvalue weighted by molar-refractivity contribution is 7.99. The topological polar surface area (TPSA) is 78.6 Å². The molecule has 0 atom stereocenters. The Hall–Kier alpha value is -3.46. The molecular weight excluding hydrogens is 419 g/mol. The van der Waals surface area contributed by atoms with Crippen LogP contribution in [-0.2, 0) is 9.53 Å². The number of halogens is 1. The number of aromatic nitrogens is 3. The zero-order valence-electron chi connectivity index (χ0n) is 16.9. The van der Waals surface area contributed by atoms with Crippen molar-refractivity contribution < 1.29 is 18.7 Å². The van der Waals surface area contributed by atoms with Crippen LogP contribution in [0.15, 0.2) is 64.4 Å². The van der Waals surface area contributed by atoms with E-state index in [4.69, 9.17) is 9.47 Å². The predicted molar refractivity (Wildman–Crippen MR) is 117 cm³/mol. The maximum atomic E-state index is 13.6. The molecule has 0 unspecified atom stereocenters. The third-order valence-corrected chi connectivity index (χ3v) is 5.42. The van der Waals surface area contributed by atoms with Gasteiger partial charge >= 0.3 is 5.97 Å². The SMILES string of the molecule is CCOC(=O)/C(=C/c1cccc(F)c1)C1=Nn2c(nnc2-c2ccc(OC)cc2)SC1. The van der Waals surface area contributed by atoms with Gasteiger partial charge in [0.2, 0.25) is 5.16 Å². The Morgan fingerprint density at radius 3 is 2.74 bits per heavy atom. The first-order valence-electron chi connectivity index (χ1n) is 9.54. The van der Waals surface area contributed by atoms with Crippen molar-refractivity contribution in [1.82, 2.24) is 14.9 Å². The van der Waals surface area contributed by atoms with E-state index in [0.29, 0.717) is 28.0 Å². The number of nitrogens with zero attached hydrogens (tertiary/aromatic N) is 4. The van der Waals surface area contributed by atoms with E-state index in [1.807, 2.05) is 24.3 Å². The molecule has 158 valence electrons. The first-order valence-corrected chi connectivity index (χ1v) is 10.5. The number of ether oxygens (including phenoxy) is 2. The van der Waals surface area contributed by atoms with Crippen molar-refractivity contribution in [3.05, 3.63) is 65.5 Å². The van der Waals surface area contributed by atoms with Gasteiger partial charge in [0.05, 0.1) is 25.0 Å². The van der Waals surface area contributed by atoms with Gasteiger partial charge in [-0.1, -0.05) is 23.9 Å². The molecule has 3 aromatic rings. The van der Waals surface area contributed by atoms with Gasteiger partial charge in [-0.2, -0.15) is 9.78 Å². The second kappa shape index (κ2) is 9.13. The van der Waals surface area contributed by atoms with Gasteiger partial charge in [-0.3, -0.25) is 0 Å². The molecule has 0 N–H and O–H groups in total. The van der Waals surface area contributed by atoms with Crippen LogP contribution >= 0.6 is 11.8 Å². The summed E-state index contributed by atoms with van der Waals surface area (Å²) in [6.07, 6.45) is 1.59. The predicted octanol–water partition coefficient (Wildman–Crippen LogP) is 4.05. The van der Waals surface area contributed by atoms with Crippen molar-refractivity contribution >= 4 is 29.5 Å². The van der Waals surface area contributed by atoms with Crippen LogP contribution in [0.4, 0.5) is 4.39 Å². The number of benzene rings is 2. The Labute approximate surface area is 182 Å². The largest absolute Gasteiger partial charge is 0.497 e. The van der Waals surface area contributed by atoms with Gasteiger partial charge in [0.1, 0.15) is 11.6 Å². The van der Waals surface area contributed by atoms with Gasteiger partial charge in [-0.25, -0.2) is 9.18 Å². The Balaban J connectivity index is 1.76. The molecule has 0 fully saturated rings. The average molecular weight is 438 g/mol. The first-order chi connectivity index (χ1) is 15.1. The molecule has 0 saturated heterocycles. The number of carbonyl (C=O) groups excluding carboxylic acids is 1. The van der Waals surface area contributed by atoms with E-state index in [-0.39, 0.29) is 18.0 Å². The highest BCUT2D eigenvalue weighted by atomic mass is 32.2. The van der Waals surface area contributed by atoms with E-state index < -0.39 is 5.97 Å². The molecule has 0 aliphatic carbocycles. The highest BCUT2D eigenvalue weighted by Gasteiger charge is 2.25. The summed E-state index contributed by atoms with van der Waals surface area (Å²) in [5.74, 6) is 0.758. The number of hydrogen-bond acceptors (Lipinski definition) is 7. The van der Waals surface area contributed by atoms with E-state index in [2.05, 4.69) is 15.3 Å². The lowest BCUT2D eigenvalue weighted by Crippen LogP contribution is -2.21. The van der Waals surface area contributed by atoms with Crippen LogP contribution in [0.2, 0.25) is 0 Å². The van der Waals surface area contributed by atoms with Crippen LogP contribution in [0.5, 0.6) is 5.75 Å². The van der Waals surface area contributed by atoms with Crippen LogP contribution in [-0.4, -0.2) is 46.0 Å². The highest BCUT2D eigenvalue weighted by Crippen LogP contribution is 2.30. The second-order valence-corrected chi connectivity index (χ2v) is 7.46. The van der Waals surface area contributed by atoms with Crippen molar-refractivity contribution in [2.24, 2.45) is 5.10 Å². The second-order valence-electron chi connectivity index (χ2n) is 6.52. The Kier molecular flexibility index (Phi) is 6.13. The molecule has 9 heteroatoms. The zero-order chi connectivity index (χ0) is 21.8. The summed E-state index contributed by atoms with van der Waals surface area (Å²) in [5.41, 5.74) is 2.10. The lowest BCUT2D eigenvalue weighted by molar-refractivity contribution is -0.137. The van der Waals surface area contributed by atoms with Crippen LogP contribution < -0.4 is 4.74 Å². The van der Waals surface area contributed by atoms with Crippen molar-refractivity contribution in [2.45, 2.75) is 12.1 Å². The minimum absolute atomic E-state index is 0.217. The quantitative estimate of drug-likeness (QED) is 0.427. The molecule has 0 spiro atoms. The number of carbonyl (C=O) groups is 1. The monoisotopic (exact) mass is 438 g/mol. The molecule has 0 saturated carbocycles. The van der Waals surface area contributed by atoms with Crippen molar-refractivity contribution in [1.29, 1.82) is 0 Å². The van der Waals surface area contributed by atoms with Crippen molar-refractivity contribution in [2.75, 3.05) is 19.5 Å². The molecule has 0 radical (unpaired) electrons. The molecule has 0 amide bonds. The van der Waals surface area contributed by atoms with Crippen LogP contribution in [0.1, 0.15) is 12.5 Å². The van der Waals surface area contributed by atoms with E-state index >= 15 is 0 Å². The average Bonchev–Trinajstić information content (AvgIpc) is 3.21. The zero-order valence-corrected chi connectivity index (χ0v) is 17.7. The fraction of sp³-hybridized carbons (Fsp3) is 0.182. The molecule has 1 aliphatic rings. The third-order valence-electron chi connectivity index (χ3n) is 4.48. The normalized spacial score (nSPS) is 13.4. The van der Waals surface area contributed by atoms with Gasteiger partial charge < -0.3 is 9.47 Å². The molecule has 2 heterocycles. The van der Waals surface area contributed by atoms with Gasteiger partial charge in [0.25, 0.3) is 0 Å². The molecule has 7 nitrogen and oxygen atoms in total. The molecule has 1 aliphatic heterocycles. The number of rotatable bonds is 6. The smallest absolute Gasteiger partial charge is 0.340 e. The molecule has 31 heavy (non-hydrogen) atoms. The van der Waals surface area contributed by atoms with Crippen molar-refractivity contribution in [3.8, 4) is 17.1 Å². The molecule has 4 rings (SSSR count). The van der Waals surface area contributed by atoms with Crippen LogP contribution in [0, 0.1) is 5.82 Å². The van der Waals surface area contributed by atoms with E-state index in [1.54, 1.807) is 36.9 Å². The molecule has 0 bridgehead atoms. The summed E-state index contributed by atoms with van der Waals surface area (Å²) in [7, 11) is 1.60. The van der Waals surface area contributed by atoms with Gasteiger partial charge in [0.15, 0.2) is 5.82 Å². The number of esters is 1. The third kappa shape index (κ3) is 4.51. The molecule has 2 aromatic carbocycles. The Bertz CT molecular complexity index is 1170.